The molecule has 0 aliphatic rings. The van der Waals surface area contributed by atoms with Gasteiger partial charge >= 0.3 is 35.7 Å². The van der Waals surface area contributed by atoms with E-state index in [1.54, 1.807) is 0 Å². The Morgan fingerprint density at radius 1 is 1.38 bits per heavy atom. The summed E-state index contributed by atoms with van der Waals surface area (Å²) in [6.07, 6.45) is -4.82. The standard InChI is InChI=1S/C2H2F3N2.Na/c3-2(4,5)1-7-6;/h1,6H;/q-1;+1. The van der Waals surface area contributed by atoms with Crippen LogP contribution in [0.4, 0.5) is 13.2 Å². The molecule has 0 spiro atoms. The topological polar surface area (TPSA) is 36.2 Å². The molecular weight excluding hydrogens is 132 g/mol. The number of nitrogens with one attached hydrogen (secondary N) is 1. The van der Waals surface area contributed by atoms with Gasteiger partial charge < -0.3 is 10.9 Å². The number of hydrogen-bond donors (Lipinski definition) is 0. The Balaban J connectivity index is 0. The van der Waals surface area contributed by atoms with Crippen LogP contribution < -0.4 is 29.6 Å². The molecule has 0 fully saturated rings. The van der Waals surface area contributed by atoms with Crippen molar-refractivity contribution in [3.05, 3.63) is 5.84 Å². The number of halogens is 3. The molecule has 2 nitrogen and oxygen atoms in total. The minimum Gasteiger partial charge on any atom is -0.617 e. The van der Waals surface area contributed by atoms with Crippen molar-refractivity contribution in [2.24, 2.45) is 5.10 Å². The monoisotopic (exact) mass is 134 g/mol. The van der Waals surface area contributed by atoms with Crippen LogP contribution in [0.3, 0.4) is 0 Å². The maximum Gasteiger partial charge on any atom is 1.00 e. The van der Waals surface area contributed by atoms with E-state index in [4.69, 9.17) is 5.84 Å². The maximum absolute atomic E-state index is 10.8. The summed E-state index contributed by atoms with van der Waals surface area (Å²) < 4.78 is 32.4. The molecule has 0 saturated heterocycles. The normalized spacial score (nSPS) is 11.4. The Kier molecular flexibility index (Phi) is 5.79. The molecule has 0 aromatic rings. The first-order valence-corrected chi connectivity index (χ1v) is 1.34. The summed E-state index contributed by atoms with van der Waals surface area (Å²) in [5, 5.41) is 2.01. The van der Waals surface area contributed by atoms with Gasteiger partial charge in [0.1, 0.15) is 0 Å². The average Bonchev–Trinajstić information content (AvgIpc) is 1.30. The van der Waals surface area contributed by atoms with Crippen molar-refractivity contribution in [2.45, 2.75) is 6.18 Å². The average molecular weight is 134 g/mol. The zero-order valence-corrected chi connectivity index (χ0v) is 6.16. The molecule has 0 aromatic heterocycles. The molecule has 0 aliphatic heterocycles. The van der Waals surface area contributed by atoms with Crippen LogP contribution in [0.1, 0.15) is 0 Å². The predicted octanol–water partition coefficient (Wildman–Crippen LogP) is -1.41. The van der Waals surface area contributed by atoms with Crippen molar-refractivity contribution in [1.29, 1.82) is 0 Å². The van der Waals surface area contributed by atoms with E-state index in [9.17, 15) is 13.2 Å². The van der Waals surface area contributed by atoms with E-state index in [0.717, 1.165) is 0 Å². The van der Waals surface area contributed by atoms with Crippen LogP contribution in [-0.4, -0.2) is 12.4 Å². The Bertz CT molecular complexity index is 77.8. The first kappa shape index (κ1) is 11.1. The molecule has 0 aromatic carbocycles. The maximum atomic E-state index is 10.8. The van der Waals surface area contributed by atoms with E-state index < -0.39 is 12.4 Å². The summed E-state index contributed by atoms with van der Waals surface area (Å²) >= 11 is 0. The molecule has 0 rings (SSSR count). The van der Waals surface area contributed by atoms with Gasteiger partial charge in [0.2, 0.25) is 0 Å². The van der Waals surface area contributed by atoms with E-state index in [0.29, 0.717) is 0 Å². The number of hydrogen-bond acceptors (Lipinski definition) is 1. The molecule has 0 atom stereocenters. The van der Waals surface area contributed by atoms with Crippen molar-refractivity contribution in [3.8, 4) is 0 Å². The summed E-state index contributed by atoms with van der Waals surface area (Å²) in [4.78, 5) is 0. The zero-order chi connectivity index (χ0) is 5.91. The Morgan fingerprint density at radius 3 is 1.75 bits per heavy atom. The molecule has 0 amide bonds. The SMILES string of the molecule is [NH-]N=CC(F)(F)F.[Na+]. The molecule has 0 radical (unpaired) electrons. The van der Waals surface area contributed by atoms with E-state index in [-0.39, 0.29) is 29.6 Å². The minimum atomic E-state index is -4.43. The Morgan fingerprint density at radius 2 is 1.75 bits per heavy atom. The summed E-state index contributed by atoms with van der Waals surface area (Å²) in [6, 6.07) is 0. The smallest absolute Gasteiger partial charge is 0.617 e. The second kappa shape index (κ2) is 4.17. The van der Waals surface area contributed by atoms with Crippen molar-refractivity contribution >= 4 is 6.21 Å². The second-order valence-electron chi connectivity index (χ2n) is 0.800. The molecule has 0 bridgehead atoms. The van der Waals surface area contributed by atoms with Gasteiger partial charge in [-0.2, -0.15) is 13.2 Å². The van der Waals surface area contributed by atoms with Gasteiger partial charge in [0.25, 0.3) is 0 Å². The summed E-state index contributed by atoms with van der Waals surface area (Å²) in [5.74, 6) is 5.71. The van der Waals surface area contributed by atoms with Crippen molar-refractivity contribution in [2.75, 3.05) is 0 Å². The quantitative estimate of drug-likeness (QED) is 0.222. The van der Waals surface area contributed by atoms with Crippen molar-refractivity contribution in [3.63, 3.8) is 0 Å². The third-order valence-electron chi connectivity index (χ3n) is 0.211. The van der Waals surface area contributed by atoms with E-state index in [2.05, 4.69) is 0 Å². The van der Waals surface area contributed by atoms with Crippen molar-refractivity contribution < 1.29 is 42.7 Å². The first-order chi connectivity index (χ1) is 3.06. The second-order valence-corrected chi connectivity index (χ2v) is 0.800. The largest absolute Gasteiger partial charge is 1.00 e. The van der Waals surface area contributed by atoms with Crippen LogP contribution in [0, 0.1) is 0 Å². The fraction of sp³-hybridized carbons (Fsp3) is 0.500. The van der Waals surface area contributed by atoms with Gasteiger partial charge in [-0.3, -0.25) is 0 Å². The van der Waals surface area contributed by atoms with Gasteiger partial charge in [-0.1, -0.05) is 0 Å². The predicted molar refractivity (Wildman–Crippen MR) is 18.9 cm³/mol. The molecule has 8 heavy (non-hydrogen) atoms. The van der Waals surface area contributed by atoms with Crippen LogP contribution >= 0.6 is 0 Å². The van der Waals surface area contributed by atoms with Crippen LogP contribution in [0.2, 0.25) is 0 Å². The van der Waals surface area contributed by atoms with Crippen molar-refractivity contribution in [1.82, 2.24) is 0 Å². The summed E-state index contributed by atoms with van der Waals surface area (Å²) in [6.45, 7) is 0. The van der Waals surface area contributed by atoms with Gasteiger partial charge in [0.15, 0.2) is 0 Å². The molecule has 0 saturated carbocycles. The molecular formula is C2H2F3N2Na. The third-order valence-corrected chi connectivity index (χ3v) is 0.211. The molecule has 0 heterocycles. The third kappa shape index (κ3) is 9.54. The van der Waals surface area contributed by atoms with Crippen LogP contribution in [-0.2, 0) is 0 Å². The summed E-state index contributed by atoms with van der Waals surface area (Å²) in [5.41, 5.74) is 0. The molecule has 6 heteroatoms. The van der Waals surface area contributed by atoms with Crippen LogP contribution in [0.5, 0.6) is 0 Å². The van der Waals surface area contributed by atoms with Crippen LogP contribution in [0.15, 0.2) is 5.10 Å². The van der Waals surface area contributed by atoms with Gasteiger partial charge in [0, 0.05) is 0 Å². The molecule has 42 valence electrons. The van der Waals surface area contributed by atoms with Gasteiger partial charge in [-0.15, -0.1) is 0 Å². The fourth-order valence-electron chi connectivity index (χ4n) is 0.0732. The van der Waals surface area contributed by atoms with E-state index in [1.807, 2.05) is 5.10 Å². The van der Waals surface area contributed by atoms with Crippen LogP contribution in [0.25, 0.3) is 5.84 Å². The first-order valence-electron chi connectivity index (χ1n) is 1.34. The van der Waals surface area contributed by atoms with E-state index in [1.165, 1.54) is 0 Å². The minimum absolute atomic E-state index is 0. The van der Waals surface area contributed by atoms with E-state index >= 15 is 0 Å². The molecule has 1 N–H and O–H groups in total. The van der Waals surface area contributed by atoms with Gasteiger partial charge in [0.05, 0.1) is 6.21 Å². The Labute approximate surface area is 66.2 Å². The Hall–Kier alpha value is 0.260. The number of rotatable bonds is 0. The fourth-order valence-corrected chi connectivity index (χ4v) is 0.0732. The molecule has 0 unspecified atom stereocenters. The number of alkyl halides is 3. The molecule has 0 aliphatic carbocycles. The van der Waals surface area contributed by atoms with Gasteiger partial charge in [-0.05, 0) is 0 Å². The summed E-state index contributed by atoms with van der Waals surface area (Å²) in [7, 11) is 0. The van der Waals surface area contributed by atoms with Gasteiger partial charge in [-0.25, -0.2) is 0 Å². The zero-order valence-electron chi connectivity index (χ0n) is 4.16. The number of nitrogens with zero attached hydrogens (tertiary/aromatic N) is 1.